The number of esters is 1. The minimum Gasteiger partial charge on any atom is -0.457 e. The van der Waals surface area contributed by atoms with Gasteiger partial charge in [-0.05, 0) is 28.2 Å². The van der Waals surface area contributed by atoms with Gasteiger partial charge in [0, 0.05) is 0 Å². The lowest BCUT2D eigenvalue weighted by molar-refractivity contribution is 0.0468. The number of carbonyl (C=O) groups excluding carboxylic acids is 1. The van der Waals surface area contributed by atoms with Crippen molar-refractivity contribution < 1.29 is 9.53 Å². The zero-order chi connectivity index (χ0) is 13.8. The number of H-pyrrole nitrogens is 1. The van der Waals surface area contributed by atoms with E-state index >= 15 is 0 Å². The first-order valence-corrected chi connectivity index (χ1v) is 6.42. The maximum absolute atomic E-state index is 11.8. The molecule has 2 aromatic rings. The largest absolute Gasteiger partial charge is 0.457 e. The number of carbonyl (C=O) groups is 1. The van der Waals surface area contributed by atoms with E-state index in [1.807, 2.05) is 30.3 Å². The van der Waals surface area contributed by atoms with Gasteiger partial charge in [-0.1, -0.05) is 30.3 Å². The fraction of sp³-hybridized carbons (Fsp3) is 0.0833. The number of nitrogens with two attached hydrogens (primary N) is 1. The summed E-state index contributed by atoms with van der Waals surface area (Å²) in [6.45, 7) is 0.0968. The van der Waals surface area contributed by atoms with Gasteiger partial charge >= 0.3 is 5.97 Å². The van der Waals surface area contributed by atoms with Crippen LogP contribution in [0.3, 0.4) is 0 Å². The molecule has 1 aromatic carbocycles. The van der Waals surface area contributed by atoms with Gasteiger partial charge in [0.1, 0.15) is 10.3 Å². The molecule has 0 saturated carbocycles. The molecule has 0 saturated heterocycles. The minimum atomic E-state index is -0.720. The third kappa shape index (κ3) is 3.31. The molecule has 0 amide bonds. The van der Waals surface area contributed by atoms with Crippen LogP contribution in [0, 0.1) is 3.70 Å². The number of hydrogen-bond acceptors (Lipinski definition) is 5. The Labute approximate surface area is 122 Å². The molecule has 98 valence electrons. The second kappa shape index (κ2) is 5.83. The molecular weight excluding hydrogens is 361 g/mol. The minimum absolute atomic E-state index is 0.0333. The standard InChI is InChI=1S/C12H10IN3O3/c13-9-8(10(17)16-12(14)15-9)11(18)19-6-7-4-2-1-3-5-7/h1-5H,6H2,(H3,14,15,16,17). The molecule has 7 heteroatoms. The number of hydrogen-bond donors (Lipinski definition) is 2. The fourth-order valence-electron chi connectivity index (χ4n) is 1.43. The third-order valence-corrected chi connectivity index (χ3v) is 3.09. The lowest BCUT2D eigenvalue weighted by atomic mass is 10.2. The predicted molar refractivity (Wildman–Crippen MR) is 77.5 cm³/mol. The summed E-state index contributed by atoms with van der Waals surface area (Å²) < 4.78 is 5.29. The smallest absolute Gasteiger partial charge is 0.346 e. The molecule has 0 aliphatic carbocycles. The average molecular weight is 371 g/mol. The third-order valence-electron chi connectivity index (χ3n) is 2.31. The number of anilines is 1. The van der Waals surface area contributed by atoms with E-state index in [0.29, 0.717) is 0 Å². The molecule has 0 spiro atoms. The van der Waals surface area contributed by atoms with Gasteiger partial charge in [-0.25, -0.2) is 9.78 Å². The molecule has 3 N–H and O–H groups in total. The van der Waals surface area contributed by atoms with E-state index in [9.17, 15) is 9.59 Å². The van der Waals surface area contributed by atoms with Crippen molar-refractivity contribution in [1.82, 2.24) is 9.97 Å². The molecule has 0 unspecified atom stereocenters. The molecule has 0 aliphatic rings. The highest BCUT2D eigenvalue weighted by Gasteiger charge is 2.18. The summed E-state index contributed by atoms with van der Waals surface area (Å²) >= 11 is 1.77. The Morgan fingerprint density at radius 2 is 2.05 bits per heavy atom. The molecule has 1 heterocycles. The Morgan fingerprint density at radius 1 is 1.37 bits per heavy atom. The summed E-state index contributed by atoms with van der Waals surface area (Å²) in [5.74, 6) is -0.754. The summed E-state index contributed by atoms with van der Waals surface area (Å²) in [7, 11) is 0. The molecule has 19 heavy (non-hydrogen) atoms. The quantitative estimate of drug-likeness (QED) is 0.482. The van der Waals surface area contributed by atoms with Gasteiger partial charge in [0.15, 0.2) is 5.56 Å². The van der Waals surface area contributed by atoms with Crippen LogP contribution in [-0.4, -0.2) is 15.9 Å². The number of halogens is 1. The van der Waals surface area contributed by atoms with Crippen molar-refractivity contribution in [2.45, 2.75) is 6.61 Å². The lowest BCUT2D eigenvalue weighted by Gasteiger charge is -2.05. The normalized spacial score (nSPS) is 10.2. The summed E-state index contributed by atoms with van der Waals surface area (Å²) in [6.07, 6.45) is 0. The molecule has 0 bridgehead atoms. The number of nitrogens with one attached hydrogen (secondary N) is 1. The number of nitrogens with zero attached hydrogens (tertiary/aromatic N) is 1. The molecule has 1 aromatic heterocycles. The number of rotatable bonds is 3. The van der Waals surface area contributed by atoms with Crippen molar-refractivity contribution in [2.75, 3.05) is 5.73 Å². The monoisotopic (exact) mass is 371 g/mol. The van der Waals surface area contributed by atoms with Crippen molar-refractivity contribution >= 4 is 34.5 Å². The van der Waals surface area contributed by atoms with Crippen molar-refractivity contribution in [3.05, 3.63) is 55.5 Å². The van der Waals surface area contributed by atoms with Crippen molar-refractivity contribution in [3.63, 3.8) is 0 Å². The molecule has 6 nitrogen and oxygen atoms in total. The average Bonchev–Trinajstić information content (AvgIpc) is 2.36. The predicted octanol–water partition coefficient (Wildman–Crippen LogP) is 1.31. The van der Waals surface area contributed by atoms with Crippen molar-refractivity contribution in [3.8, 4) is 0 Å². The molecule has 0 atom stereocenters. The van der Waals surface area contributed by atoms with Gasteiger partial charge in [-0.2, -0.15) is 0 Å². The SMILES string of the molecule is Nc1nc(I)c(C(=O)OCc2ccccc2)c(=O)[nH]1. The van der Waals surface area contributed by atoms with Crippen LogP contribution in [0.2, 0.25) is 0 Å². The van der Waals surface area contributed by atoms with Crippen LogP contribution in [0.1, 0.15) is 15.9 Å². The summed E-state index contributed by atoms with van der Waals surface area (Å²) in [4.78, 5) is 29.6. The van der Waals surface area contributed by atoms with Crippen molar-refractivity contribution in [2.24, 2.45) is 0 Å². The number of aromatic amines is 1. The van der Waals surface area contributed by atoms with E-state index in [-0.39, 0.29) is 21.8 Å². The van der Waals surface area contributed by atoms with Gasteiger partial charge in [0.25, 0.3) is 5.56 Å². The number of benzene rings is 1. The Hall–Kier alpha value is -1.90. The van der Waals surface area contributed by atoms with E-state index in [2.05, 4.69) is 9.97 Å². The fourth-order valence-corrected chi connectivity index (χ4v) is 2.16. The second-order valence-corrected chi connectivity index (χ2v) is 4.70. The van der Waals surface area contributed by atoms with E-state index in [4.69, 9.17) is 10.5 Å². The summed E-state index contributed by atoms with van der Waals surface area (Å²) in [5.41, 5.74) is 5.47. The van der Waals surface area contributed by atoms with Crippen LogP contribution in [0.4, 0.5) is 5.95 Å². The molecule has 0 fully saturated rings. The topological polar surface area (TPSA) is 98.1 Å². The number of nitrogen functional groups attached to an aromatic ring is 1. The summed E-state index contributed by atoms with van der Waals surface area (Å²) in [6, 6.07) is 9.19. The molecule has 2 rings (SSSR count). The first-order valence-electron chi connectivity index (χ1n) is 5.34. The Kier molecular flexibility index (Phi) is 4.15. The maximum Gasteiger partial charge on any atom is 0.346 e. The Balaban J connectivity index is 2.15. The van der Waals surface area contributed by atoms with Gasteiger partial charge in [-0.3, -0.25) is 9.78 Å². The van der Waals surface area contributed by atoms with Gasteiger partial charge in [0.2, 0.25) is 5.95 Å². The van der Waals surface area contributed by atoms with Crippen LogP contribution >= 0.6 is 22.6 Å². The highest BCUT2D eigenvalue weighted by atomic mass is 127. The van der Waals surface area contributed by atoms with Gasteiger partial charge in [0.05, 0.1) is 0 Å². The second-order valence-electron chi connectivity index (χ2n) is 3.68. The van der Waals surface area contributed by atoms with Gasteiger partial charge in [-0.15, -0.1) is 0 Å². The van der Waals surface area contributed by atoms with Gasteiger partial charge < -0.3 is 10.5 Å². The van der Waals surface area contributed by atoms with Crippen LogP contribution in [-0.2, 0) is 11.3 Å². The van der Waals surface area contributed by atoms with Crippen LogP contribution in [0.5, 0.6) is 0 Å². The van der Waals surface area contributed by atoms with Crippen LogP contribution in [0.25, 0.3) is 0 Å². The van der Waals surface area contributed by atoms with Crippen LogP contribution < -0.4 is 11.3 Å². The zero-order valence-corrected chi connectivity index (χ0v) is 11.9. The summed E-state index contributed by atoms with van der Waals surface area (Å²) in [5, 5.41) is 0. The van der Waals surface area contributed by atoms with E-state index in [0.717, 1.165) is 5.56 Å². The maximum atomic E-state index is 11.8. The number of ether oxygens (including phenoxy) is 1. The first kappa shape index (κ1) is 13.5. The highest BCUT2D eigenvalue weighted by Crippen LogP contribution is 2.09. The van der Waals surface area contributed by atoms with E-state index in [1.165, 1.54) is 0 Å². The van der Waals surface area contributed by atoms with Crippen LogP contribution in [0.15, 0.2) is 35.1 Å². The van der Waals surface area contributed by atoms with E-state index < -0.39 is 11.5 Å². The molecule has 0 aliphatic heterocycles. The van der Waals surface area contributed by atoms with E-state index in [1.54, 1.807) is 22.6 Å². The first-order chi connectivity index (χ1) is 9.08. The molecular formula is C12H10IN3O3. The Morgan fingerprint density at radius 3 is 2.68 bits per heavy atom. The Bertz CT molecular complexity index is 655. The lowest BCUT2D eigenvalue weighted by Crippen LogP contribution is -2.24. The van der Waals surface area contributed by atoms with Crippen molar-refractivity contribution in [1.29, 1.82) is 0 Å². The highest BCUT2D eigenvalue weighted by molar-refractivity contribution is 14.1. The number of aromatic nitrogens is 2. The molecule has 0 radical (unpaired) electrons. The zero-order valence-electron chi connectivity index (χ0n) is 9.72.